The summed E-state index contributed by atoms with van der Waals surface area (Å²) in [5.74, 6) is 1.69. The molecule has 0 bridgehead atoms. The number of benzene rings is 1. The highest BCUT2D eigenvalue weighted by molar-refractivity contribution is 5.79. The van der Waals surface area contributed by atoms with Gasteiger partial charge in [0.05, 0.1) is 24.8 Å². The Hall–Kier alpha value is -2.63. The van der Waals surface area contributed by atoms with Crippen molar-refractivity contribution in [1.82, 2.24) is 15.3 Å². The number of amides is 1. The average molecular weight is 409 g/mol. The average Bonchev–Trinajstić information content (AvgIpc) is 3.23. The van der Waals surface area contributed by atoms with E-state index in [1.54, 1.807) is 0 Å². The number of ether oxygens (including phenoxy) is 1. The normalized spacial score (nSPS) is 20.0. The molecule has 2 heterocycles. The van der Waals surface area contributed by atoms with Crippen LogP contribution in [0.3, 0.4) is 0 Å². The van der Waals surface area contributed by atoms with E-state index in [0.29, 0.717) is 13.0 Å². The molecule has 1 saturated heterocycles. The number of nitrogens with zero attached hydrogens (tertiary/aromatic N) is 3. The molecule has 0 spiro atoms. The molecule has 1 amide bonds. The standard InChI is InChI=1S/C24H32N4O2/c1-4-30-18-9-7-17(8-10-18)13-22(29)26-20-14-24(2,3)15-21-19(20)16-25-23(27-21)28-11-5-6-12-28/h7-10,16,20H,4-6,11-15H2,1-3H3,(H,26,29)/t20-/m1/s1. The molecule has 2 aliphatic rings. The lowest BCUT2D eigenvalue weighted by Gasteiger charge is -2.36. The second-order valence-electron chi connectivity index (χ2n) is 9.19. The van der Waals surface area contributed by atoms with Crippen LogP contribution in [0.15, 0.2) is 30.5 Å². The molecule has 2 aromatic rings. The first-order valence-corrected chi connectivity index (χ1v) is 11.1. The predicted octanol–water partition coefficient (Wildman–Crippen LogP) is 3.85. The van der Waals surface area contributed by atoms with Crippen LogP contribution in [0.2, 0.25) is 0 Å². The fourth-order valence-corrected chi connectivity index (χ4v) is 4.54. The van der Waals surface area contributed by atoms with Crippen LogP contribution in [0.5, 0.6) is 5.75 Å². The molecule has 30 heavy (non-hydrogen) atoms. The van der Waals surface area contributed by atoms with Crippen molar-refractivity contribution in [2.24, 2.45) is 5.41 Å². The topological polar surface area (TPSA) is 67.3 Å². The van der Waals surface area contributed by atoms with Crippen molar-refractivity contribution in [1.29, 1.82) is 0 Å². The molecule has 6 heteroatoms. The van der Waals surface area contributed by atoms with Crippen LogP contribution < -0.4 is 15.0 Å². The minimum atomic E-state index is -0.0495. The third-order valence-corrected chi connectivity index (χ3v) is 5.99. The fourth-order valence-electron chi connectivity index (χ4n) is 4.54. The van der Waals surface area contributed by atoms with Gasteiger partial charge in [-0.05, 0) is 55.7 Å². The molecule has 6 nitrogen and oxygen atoms in total. The smallest absolute Gasteiger partial charge is 0.225 e. The number of carbonyl (C=O) groups is 1. The Balaban J connectivity index is 1.47. The van der Waals surface area contributed by atoms with E-state index in [-0.39, 0.29) is 17.4 Å². The Bertz CT molecular complexity index is 889. The molecule has 4 rings (SSSR count). The van der Waals surface area contributed by atoms with Gasteiger partial charge in [0, 0.05) is 24.8 Å². The largest absolute Gasteiger partial charge is 0.494 e. The molecule has 1 aromatic carbocycles. The minimum Gasteiger partial charge on any atom is -0.494 e. The van der Waals surface area contributed by atoms with Crippen molar-refractivity contribution in [3.05, 3.63) is 47.3 Å². The molecule has 1 aromatic heterocycles. The van der Waals surface area contributed by atoms with Crippen molar-refractivity contribution in [3.8, 4) is 5.75 Å². The highest BCUT2D eigenvalue weighted by Crippen LogP contribution is 2.40. The van der Waals surface area contributed by atoms with Gasteiger partial charge in [-0.3, -0.25) is 4.79 Å². The summed E-state index contributed by atoms with van der Waals surface area (Å²) in [6.45, 7) is 9.16. The highest BCUT2D eigenvalue weighted by Gasteiger charge is 2.35. The monoisotopic (exact) mass is 408 g/mol. The first-order chi connectivity index (χ1) is 14.4. The van der Waals surface area contributed by atoms with E-state index in [1.807, 2.05) is 37.4 Å². The number of fused-ring (bicyclic) bond motifs is 1. The molecule has 0 radical (unpaired) electrons. The van der Waals surface area contributed by atoms with E-state index in [4.69, 9.17) is 9.72 Å². The zero-order valence-corrected chi connectivity index (χ0v) is 18.3. The van der Waals surface area contributed by atoms with Gasteiger partial charge in [0.2, 0.25) is 11.9 Å². The highest BCUT2D eigenvalue weighted by atomic mass is 16.5. The lowest BCUT2D eigenvalue weighted by molar-refractivity contribution is -0.121. The Labute approximate surface area is 179 Å². The van der Waals surface area contributed by atoms with E-state index in [1.165, 1.54) is 12.8 Å². The van der Waals surface area contributed by atoms with Gasteiger partial charge in [0.15, 0.2) is 0 Å². The molecule has 1 fully saturated rings. The van der Waals surface area contributed by atoms with E-state index >= 15 is 0 Å². The second kappa shape index (κ2) is 8.62. The number of carbonyl (C=O) groups excluding carboxylic acids is 1. The Morgan fingerprint density at radius 2 is 1.97 bits per heavy atom. The zero-order chi connectivity index (χ0) is 21.1. The van der Waals surface area contributed by atoms with Crippen molar-refractivity contribution in [2.45, 2.75) is 58.9 Å². The predicted molar refractivity (Wildman–Crippen MR) is 118 cm³/mol. The van der Waals surface area contributed by atoms with Crippen LogP contribution in [-0.4, -0.2) is 35.6 Å². The first kappa shape index (κ1) is 20.6. The van der Waals surface area contributed by atoms with Crippen LogP contribution in [0, 0.1) is 5.41 Å². The van der Waals surface area contributed by atoms with E-state index in [0.717, 1.165) is 54.4 Å². The maximum atomic E-state index is 12.8. The van der Waals surface area contributed by atoms with E-state index < -0.39 is 0 Å². The van der Waals surface area contributed by atoms with Gasteiger partial charge in [-0.25, -0.2) is 9.97 Å². The summed E-state index contributed by atoms with van der Waals surface area (Å²) < 4.78 is 5.48. The lowest BCUT2D eigenvalue weighted by atomic mass is 9.74. The van der Waals surface area contributed by atoms with Crippen LogP contribution >= 0.6 is 0 Å². The van der Waals surface area contributed by atoms with Crippen LogP contribution in [-0.2, 0) is 17.6 Å². The molecule has 1 aliphatic carbocycles. The summed E-state index contributed by atoms with van der Waals surface area (Å²) in [6, 6.07) is 7.69. The summed E-state index contributed by atoms with van der Waals surface area (Å²) in [7, 11) is 0. The zero-order valence-electron chi connectivity index (χ0n) is 18.3. The van der Waals surface area contributed by atoms with Crippen LogP contribution in [0.1, 0.15) is 62.9 Å². The number of nitrogens with one attached hydrogen (secondary N) is 1. The van der Waals surface area contributed by atoms with Gasteiger partial charge in [0.25, 0.3) is 0 Å². The van der Waals surface area contributed by atoms with Crippen molar-refractivity contribution >= 4 is 11.9 Å². The maximum absolute atomic E-state index is 12.8. The lowest BCUT2D eigenvalue weighted by Crippen LogP contribution is -2.38. The van der Waals surface area contributed by atoms with Crippen LogP contribution in [0.25, 0.3) is 0 Å². The Kier molecular flexibility index (Phi) is 5.93. The van der Waals surface area contributed by atoms with Gasteiger partial charge in [-0.1, -0.05) is 26.0 Å². The summed E-state index contributed by atoms with van der Waals surface area (Å²) in [5.41, 5.74) is 3.21. The molecule has 1 atom stereocenters. The van der Waals surface area contributed by atoms with Gasteiger partial charge >= 0.3 is 0 Å². The fraction of sp³-hybridized carbons (Fsp3) is 0.542. The minimum absolute atomic E-state index is 0.0245. The van der Waals surface area contributed by atoms with Crippen molar-refractivity contribution in [3.63, 3.8) is 0 Å². The maximum Gasteiger partial charge on any atom is 0.225 e. The Morgan fingerprint density at radius 1 is 1.23 bits per heavy atom. The summed E-state index contributed by atoms with van der Waals surface area (Å²) in [4.78, 5) is 24.6. The summed E-state index contributed by atoms with van der Waals surface area (Å²) in [6.07, 6.45) is 6.50. The molecule has 0 unspecified atom stereocenters. The second-order valence-corrected chi connectivity index (χ2v) is 9.19. The van der Waals surface area contributed by atoms with Crippen LogP contribution in [0.4, 0.5) is 5.95 Å². The van der Waals surface area contributed by atoms with Gasteiger partial charge in [-0.2, -0.15) is 0 Å². The third-order valence-electron chi connectivity index (χ3n) is 5.99. The van der Waals surface area contributed by atoms with Gasteiger partial charge in [0.1, 0.15) is 5.75 Å². The summed E-state index contributed by atoms with van der Waals surface area (Å²) in [5, 5.41) is 3.24. The molecule has 1 N–H and O–H groups in total. The first-order valence-electron chi connectivity index (χ1n) is 11.1. The molecule has 160 valence electrons. The van der Waals surface area contributed by atoms with Gasteiger partial charge < -0.3 is 15.0 Å². The van der Waals surface area contributed by atoms with E-state index in [9.17, 15) is 4.79 Å². The summed E-state index contributed by atoms with van der Waals surface area (Å²) >= 11 is 0. The van der Waals surface area contributed by atoms with Gasteiger partial charge in [-0.15, -0.1) is 0 Å². The number of rotatable bonds is 6. The molecule has 1 aliphatic heterocycles. The number of anilines is 1. The van der Waals surface area contributed by atoms with Crippen molar-refractivity contribution < 1.29 is 9.53 Å². The third kappa shape index (κ3) is 4.74. The SMILES string of the molecule is CCOc1ccc(CC(=O)N[C@@H]2CC(C)(C)Cc3nc(N4CCCC4)ncc32)cc1. The Morgan fingerprint density at radius 3 is 2.67 bits per heavy atom. The molecular weight excluding hydrogens is 376 g/mol. The van der Waals surface area contributed by atoms with Crippen molar-refractivity contribution in [2.75, 3.05) is 24.6 Å². The number of aromatic nitrogens is 2. The quantitative estimate of drug-likeness (QED) is 0.786. The van der Waals surface area contributed by atoms with E-state index in [2.05, 4.69) is 29.0 Å². The number of hydrogen-bond donors (Lipinski definition) is 1. The number of hydrogen-bond acceptors (Lipinski definition) is 5. The molecular formula is C24H32N4O2. The molecule has 0 saturated carbocycles.